The van der Waals surface area contributed by atoms with Crippen molar-refractivity contribution < 1.29 is 0 Å². The average Bonchev–Trinajstić information content (AvgIpc) is 3.57. The van der Waals surface area contributed by atoms with Gasteiger partial charge in [-0.05, 0) is 28.3 Å². The van der Waals surface area contributed by atoms with Gasteiger partial charge in [0.2, 0.25) is 0 Å². The van der Waals surface area contributed by atoms with Gasteiger partial charge in [0, 0.05) is 27.5 Å². The smallest absolute Gasteiger partial charge is 0.159 e. The Hall–Kier alpha value is -5.94. The summed E-state index contributed by atoms with van der Waals surface area (Å²) in [6.45, 7) is 4.65. The van der Waals surface area contributed by atoms with Crippen LogP contribution in [-0.4, -0.2) is 24.5 Å². The summed E-state index contributed by atoms with van der Waals surface area (Å²) in [7, 11) is 0. The van der Waals surface area contributed by atoms with Gasteiger partial charge in [-0.25, -0.2) is 19.9 Å². The highest BCUT2D eigenvalue weighted by Gasteiger charge is 2.38. The lowest BCUT2D eigenvalue weighted by Crippen LogP contribution is -2.15. The Kier molecular flexibility index (Phi) is 5.78. The molecule has 8 aromatic rings. The zero-order chi connectivity index (χ0) is 30.8. The van der Waals surface area contributed by atoms with Crippen LogP contribution >= 0.6 is 0 Å². The molecule has 0 N–H and O–H groups in total. The first kappa shape index (κ1) is 26.5. The van der Waals surface area contributed by atoms with Crippen molar-refractivity contribution in [3.05, 3.63) is 151 Å². The van der Waals surface area contributed by atoms with Crippen LogP contribution < -0.4 is 0 Å². The van der Waals surface area contributed by atoms with Crippen molar-refractivity contribution >= 4 is 21.9 Å². The molecule has 0 unspecified atom stereocenters. The lowest BCUT2D eigenvalue weighted by Gasteiger charge is -2.22. The van der Waals surface area contributed by atoms with Crippen LogP contribution in [0.15, 0.2) is 140 Å². The van der Waals surface area contributed by atoms with Crippen LogP contribution in [0.3, 0.4) is 0 Å². The Morgan fingerprint density at radius 1 is 0.522 bits per heavy atom. The Labute approximate surface area is 266 Å². The minimum Gasteiger partial charge on any atom is -0.303 e. The fourth-order valence-corrected chi connectivity index (χ4v) is 7.20. The topological polar surface area (TPSA) is 56.5 Å². The normalized spacial score (nSPS) is 13.2. The molecule has 46 heavy (non-hydrogen) atoms. The van der Waals surface area contributed by atoms with E-state index < -0.39 is 0 Å². The molecule has 1 aliphatic rings. The van der Waals surface area contributed by atoms with E-state index in [1.54, 1.807) is 0 Å². The van der Waals surface area contributed by atoms with Crippen molar-refractivity contribution in [3.8, 4) is 50.8 Å². The maximum absolute atomic E-state index is 5.32. The van der Waals surface area contributed by atoms with Gasteiger partial charge in [-0.1, -0.05) is 135 Å². The third-order valence-corrected chi connectivity index (χ3v) is 9.31. The summed E-state index contributed by atoms with van der Waals surface area (Å²) < 4.78 is 2.26. The first-order valence-electron chi connectivity index (χ1n) is 15.6. The molecule has 0 radical (unpaired) electrons. The van der Waals surface area contributed by atoms with Gasteiger partial charge >= 0.3 is 0 Å². The van der Waals surface area contributed by atoms with E-state index in [-0.39, 0.29) is 5.41 Å². The molecule has 3 heterocycles. The van der Waals surface area contributed by atoms with Crippen LogP contribution in [0.5, 0.6) is 0 Å². The van der Waals surface area contributed by atoms with E-state index in [4.69, 9.17) is 19.9 Å². The molecule has 5 heteroatoms. The molecule has 3 aromatic heterocycles. The van der Waals surface area contributed by atoms with E-state index in [0.29, 0.717) is 11.6 Å². The highest BCUT2D eigenvalue weighted by atomic mass is 15.1. The zero-order valence-corrected chi connectivity index (χ0v) is 25.5. The number of fused-ring (bicyclic) bond motifs is 7. The van der Waals surface area contributed by atoms with Crippen molar-refractivity contribution in [3.63, 3.8) is 0 Å². The molecule has 9 rings (SSSR count). The van der Waals surface area contributed by atoms with Gasteiger partial charge in [0.1, 0.15) is 5.52 Å². The number of nitrogens with zero attached hydrogens (tertiary/aromatic N) is 5. The third kappa shape index (κ3) is 3.88. The maximum atomic E-state index is 5.32. The van der Waals surface area contributed by atoms with Crippen LogP contribution in [0.1, 0.15) is 25.0 Å². The van der Waals surface area contributed by atoms with Gasteiger partial charge in [-0.3, -0.25) is 0 Å². The SMILES string of the molecule is CC1(C)c2ccccc2-c2ccc3c(c21)c1nc(-c2ccccc2)ncc1n3-c1cnc(-c2ccccc2)nc1-c1ccccc1. The van der Waals surface area contributed by atoms with Gasteiger partial charge in [0.05, 0.1) is 34.8 Å². The van der Waals surface area contributed by atoms with Crippen molar-refractivity contribution in [2.75, 3.05) is 0 Å². The molecule has 5 aromatic carbocycles. The summed E-state index contributed by atoms with van der Waals surface area (Å²) >= 11 is 0. The zero-order valence-electron chi connectivity index (χ0n) is 25.5. The summed E-state index contributed by atoms with van der Waals surface area (Å²) in [4.78, 5) is 20.4. The van der Waals surface area contributed by atoms with Crippen LogP contribution in [0.4, 0.5) is 0 Å². The summed E-state index contributed by atoms with van der Waals surface area (Å²) in [6.07, 6.45) is 3.92. The lowest BCUT2D eigenvalue weighted by molar-refractivity contribution is 0.666. The van der Waals surface area contributed by atoms with Gasteiger partial charge in [0.25, 0.3) is 0 Å². The van der Waals surface area contributed by atoms with Crippen LogP contribution in [0.25, 0.3) is 72.8 Å². The largest absolute Gasteiger partial charge is 0.303 e. The Bertz CT molecular complexity index is 2430. The monoisotopic (exact) mass is 591 g/mol. The maximum Gasteiger partial charge on any atom is 0.159 e. The fourth-order valence-electron chi connectivity index (χ4n) is 7.20. The molecule has 0 atom stereocenters. The minimum atomic E-state index is -0.224. The van der Waals surface area contributed by atoms with Crippen LogP contribution in [0, 0.1) is 0 Å². The van der Waals surface area contributed by atoms with Gasteiger partial charge in [0.15, 0.2) is 11.6 Å². The molecule has 0 amide bonds. The highest BCUT2D eigenvalue weighted by Crippen LogP contribution is 2.53. The molecule has 0 saturated heterocycles. The molecule has 0 saturated carbocycles. The molecule has 0 spiro atoms. The van der Waals surface area contributed by atoms with Crippen molar-refractivity contribution in [2.45, 2.75) is 19.3 Å². The third-order valence-electron chi connectivity index (χ3n) is 9.31. The first-order valence-corrected chi connectivity index (χ1v) is 15.6. The molecule has 0 aliphatic heterocycles. The van der Waals surface area contributed by atoms with E-state index in [0.717, 1.165) is 50.0 Å². The van der Waals surface area contributed by atoms with Gasteiger partial charge < -0.3 is 4.57 Å². The van der Waals surface area contributed by atoms with Gasteiger partial charge in [-0.15, -0.1) is 0 Å². The summed E-state index contributed by atoms with van der Waals surface area (Å²) in [5.41, 5.74) is 12.5. The predicted octanol–water partition coefficient (Wildman–Crippen LogP) is 9.67. The van der Waals surface area contributed by atoms with E-state index in [2.05, 4.69) is 91.2 Å². The summed E-state index contributed by atoms with van der Waals surface area (Å²) in [5.74, 6) is 1.39. The van der Waals surface area contributed by atoms with E-state index in [9.17, 15) is 0 Å². The Balaban J connectivity index is 1.40. The second-order valence-electron chi connectivity index (χ2n) is 12.3. The van der Waals surface area contributed by atoms with Crippen LogP contribution in [-0.2, 0) is 5.41 Å². The molecule has 218 valence electrons. The molecule has 0 bridgehead atoms. The summed E-state index contributed by atoms with van der Waals surface area (Å²) in [5, 5.41) is 1.14. The number of benzene rings is 5. The molecular formula is C41H29N5. The highest BCUT2D eigenvalue weighted by molar-refractivity contribution is 6.13. The van der Waals surface area contributed by atoms with Gasteiger partial charge in [-0.2, -0.15) is 0 Å². The van der Waals surface area contributed by atoms with Crippen molar-refractivity contribution in [2.24, 2.45) is 0 Å². The second-order valence-corrected chi connectivity index (χ2v) is 12.3. The molecular weight excluding hydrogens is 562 g/mol. The number of rotatable bonds is 4. The Morgan fingerprint density at radius 3 is 1.80 bits per heavy atom. The van der Waals surface area contributed by atoms with Crippen LogP contribution in [0.2, 0.25) is 0 Å². The first-order chi connectivity index (χ1) is 22.6. The van der Waals surface area contributed by atoms with Crippen molar-refractivity contribution in [1.29, 1.82) is 0 Å². The van der Waals surface area contributed by atoms with Crippen molar-refractivity contribution in [1.82, 2.24) is 24.5 Å². The standard InChI is InChI=1S/C41H29N5/c1-41(2)31-21-13-12-20-29(31)30-22-23-32-35(36(30)41)38-34(25-43-40(45-38)28-18-10-5-11-19-28)46(32)33-24-42-39(27-16-8-4-9-17-27)44-37(33)26-14-6-3-7-15-26/h3-25H,1-2H3. The summed E-state index contributed by atoms with van der Waals surface area (Å²) in [6, 6.07) is 44.0. The average molecular weight is 592 g/mol. The number of hydrogen-bond acceptors (Lipinski definition) is 4. The lowest BCUT2D eigenvalue weighted by atomic mass is 9.81. The van der Waals surface area contributed by atoms with E-state index >= 15 is 0 Å². The predicted molar refractivity (Wildman–Crippen MR) is 186 cm³/mol. The molecule has 5 nitrogen and oxygen atoms in total. The van der Waals surface area contributed by atoms with E-state index in [1.165, 1.54) is 22.3 Å². The molecule has 0 fully saturated rings. The second kappa shape index (κ2) is 10.0. The number of hydrogen-bond donors (Lipinski definition) is 0. The Morgan fingerprint density at radius 2 is 1.11 bits per heavy atom. The van der Waals surface area contributed by atoms with E-state index in [1.807, 2.05) is 67.0 Å². The quantitative estimate of drug-likeness (QED) is 0.204. The molecule has 1 aliphatic carbocycles. The number of aromatic nitrogens is 5. The minimum absolute atomic E-state index is 0.224. The fraction of sp³-hybridized carbons (Fsp3) is 0.0732.